The molecule has 19 heavy (non-hydrogen) atoms. The van der Waals surface area contributed by atoms with Crippen LogP contribution in [0.1, 0.15) is 20.3 Å². The van der Waals surface area contributed by atoms with Gasteiger partial charge in [-0.1, -0.05) is 25.1 Å². The smallest absolute Gasteiger partial charge is 0.0743 e. The lowest BCUT2D eigenvalue weighted by Gasteiger charge is -2.18. The van der Waals surface area contributed by atoms with Crippen molar-refractivity contribution in [2.45, 2.75) is 26.3 Å². The summed E-state index contributed by atoms with van der Waals surface area (Å²) in [6.07, 6.45) is 2.87. The summed E-state index contributed by atoms with van der Waals surface area (Å²) in [4.78, 5) is 4.35. The zero-order valence-electron chi connectivity index (χ0n) is 11.5. The van der Waals surface area contributed by atoms with E-state index in [0.29, 0.717) is 11.7 Å². The number of para-hydroxylation sites is 1. The second-order valence-corrected chi connectivity index (χ2v) is 6.03. The number of nitrogens with two attached hydrogens (primary N) is 1. The highest BCUT2D eigenvalue weighted by Gasteiger charge is 2.09. The number of fused-ring (bicyclic) bond motifs is 1. The summed E-state index contributed by atoms with van der Waals surface area (Å²) in [5.74, 6) is 2.35. The number of nitrogens with zero attached hydrogens (tertiary/aromatic N) is 1. The number of thioether (sulfide) groups is 1. The molecule has 0 saturated heterocycles. The van der Waals surface area contributed by atoms with Crippen LogP contribution in [0.25, 0.3) is 10.9 Å². The molecule has 4 heteroatoms. The number of rotatable bonds is 6. The second kappa shape index (κ2) is 6.66. The molecule has 1 atom stereocenters. The van der Waals surface area contributed by atoms with Crippen molar-refractivity contribution in [2.75, 3.05) is 22.6 Å². The molecule has 0 bridgehead atoms. The topological polar surface area (TPSA) is 50.9 Å². The van der Waals surface area contributed by atoms with Gasteiger partial charge in [0.25, 0.3) is 0 Å². The van der Waals surface area contributed by atoms with Crippen LogP contribution in [0.4, 0.5) is 11.4 Å². The van der Waals surface area contributed by atoms with Crippen molar-refractivity contribution in [3.8, 4) is 0 Å². The minimum absolute atomic E-state index is 0.409. The summed E-state index contributed by atoms with van der Waals surface area (Å²) in [5.41, 5.74) is 8.77. The Labute approximate surface area is 119 Å². The van der Waals surface area contributed by atoms with Crippen LogP contribution in [0.2, 0.25) is 0 Å². The minimum Gasteiger partial charge on any atom is -0.396 e. The molecule has 1 unspecified atom stereocenters. The number of aromatic nitrogens is 1. The Bertz CT molecular complexity index is 542. The Morgan fingerprint density at radius 3 is 2.95 bits per heavy atom. The first-order chi connectivity index (χ1) is 9.22. The van der Waals surface area contributed by atoms with Crippen LogP contribution in [0.5, 0.6) is 0 Å². The molecule has 3 nitrogen and oxygen atoms in total. The van der Waals surface area contributed by atoms with Gasteiger partial charge >= 0.3 is 0 Å². The molecule has 2 rings (SSSR count). The van der Waals surface area contributed by atoms with Gasteiger partial charge in [0.1, 0.15) is 0 Å². The van der Waals surface area contributed by atoms with Crippen LogP contribution in [-0.2, 0) is 0 Å². The van der Waals surface area contributed by atoms with E-state index in [1.165, 1.54) is 11.5 Å². The lowest BCUT2D eigenvalue weighted by atomic mass is 10.1. The normalized spacial score (nSPS) is 12.5. The highest BCUT2D eigenvalue weighted by molar-refractivity contribution is 7.99. The number of nitrogen functional groups attached to an aromatic ring is 1. The van der Waals surface area contributed by atoms with E-state index < -0.39 is 0 Å². The molecule has 0 radical (unpaired) electrons. The highest BCUT2D eigenvalue weighted by atomic mass is 32.2. The van der Waals surface area contributed by atoms with E-state index in [4.69, 9.17) is 5.73 Å². The first kappa shape index (κ1) is 14.0. The minimum atomic E-state index is 0.409. The van der Waals surface area contributed by atoms with Gasteiger partial charge in [-0.25, -0.2) is 0 Å². The van der Waals surface area contributed by atoms with Crippen molar-refractivity contribution in [3.05, 3.63) is 30.5 Å². The van der Waals surface area contributed by atoms with Gasteiger partial charge in [0.2, 0.25) is 0 Å². The average molecular weight is 275 g/mol. The lowest BCUT2D eigenvalue weighted by molar-refractivity contribution is 0.773. The van der Waals surface area contributed by atoms with E-state index in [1.807, 2.05) is 30.0 Å². The van der Waals surface area contributed by atoms with Crippen LogP contribution in [0.15, 0.2) is 30.5 Å². The van der Waals surface area contributed by atoms with Gasteiger partial charge in [-0.2, -0.15) is 11.8 Å². The van der Waals surface area contributed by atoms with Crippen molar-refractivity contribution in [1.29, 1.82) is 0 Å². The van der Waals surface area contributed by atoms with Gasteiger partial charge in [-0.3, -0.25) is 4.98 Å². The number of hydrogen-bond acceptors (Lipinski definition) is 4. The van der Waals surface area contributed by atoms with Gasteiger partial charge in [0.15, 0.2) is 0 Å². The van der Waals surface area contributed by atoms with Gasteiger partial charge in [0, 0.05) is 11.4 Å². The van der Waals surface area contributed by atoms with Crippen LogP contribution < -0.4 is 11.1 Å². The largest absolute Gasteiger partial charge is 0.396 e. The molecule has 1 aromatic carbocycles. The molecule has 1 aromatic heterocycles. The van der Waals surface area contributed by atoms with Gasteiger partial charge in [-0.15, -0.1) is 0 Å². The standard InChI is InChI=1S/C15H21N3S/c1-3-19-9-8-11(2)18-15-12-6-4-5-7-14(12)17-10-13(15)16/h4-7,10-11H,3,8-9,16H2,1-2H3,(H,17,18). The summed E-state index contributed by atoms with van der Waals surface area (Å²) in [6.45, 7) is 4.39. The maximum Gasteiger partial charge on any atom is 0.0743 e. The van der Waals surface area contributed by atoms with Gasteiger partial charge in [0.05, 0.1) is 23.1 Å². The zero-order valence-corrected chi connectivity index (χ0v) is 12.3. The Hall–Kier alpha value is -1.42. The van der Waals surface area contributed by atoms with Crippen LogP contribution in [0.3, 0.4) is 0 Å². The SMILES string of the molecule is CCSCCC(C)Nc1c(N)cnc2ccccc12. The molecule has 0 spiro atoms. The van der Waals surface area contributed by atoms with Crippen molar-refractivity contribution >= 4 is 34.0 Å². The Morgan fingerprint density at radius 1 is 1.37 bits per heavy atom. The number of anilines is 2. The molecule has 0 fully saturated rings. The Morgan fingerprint density at radius 2 is 2.16 bits per heavy atom. The van der Waals surface area contributed by atoms with E-state index in [2.05, 4.69) is 30.2 Å². The van der Waals surface area contributed by atoms with E-state index in [9.17, 15) is 0 Å². The summed E-state index contributed by atoms with van der Waals surface area (Å²) in [7, 11) is 0. The molecule has 0 saturated carbocycles. The van der Waals surface area contributed by atoms with E-state index >= 15 is 0 Å². The fraction of sp³-hybridized carbons (Fsp3) is 0.400. The summed E-state index contributed by atoms with van der Waals surface area (Å²) >= 11 is 1.97. The van der Waals surface area contributed by atoms with E-state index in [0.717, 1.165) is 23.0 Å². The lowest BCUT2D eigenvalue weighted by Crippen LogP contribution is -2.17. The number of hydrogen-bond donors (Lipinski definition) is 2. The molecule has 0 amide bonds. The molecular weight excluding hydrogens is 254 g/mol. The molecular formula is C15H21N3S. The van der Waals surface area contributed by atoms with Crippen LogP contribution >= 0.6 is 11.8 Å². The molecule has 3 N–H and O–H groups in total. The predicted octanol–water partition coefficient (Wildman–Crippen LogP) is 3.76. The van der Waals surface area contributed by atoms with Crippen molar-refractivity contribution in [3.63, 3.8) is 0 Å². The molecule has 0 aliphatic rings. The average Bonchev–Trinajstić information content (AvgIpc) is 2.42. The first-order valence-corrected chi connectivity index (χ1v) is 7.85. The maximum atomic E-state index is 6.06. The molecule has 1 heterocycles. The zero-order chi connectivity index (χ0) is 13.7. The monoisotopic (exact) mass is 275 g/mol. The quantitative estimate of drug-likeness (QED) is 0.788. The van der Waals surface area contributed by atoms with Crippen molar-refractivity contribution in [1.82, 2.24) is 4.98 Å². The highest BCUT2D eigenvalue weighted by Crippen LogP contribution is 2.28. The third-order valence-corrected chi connectivity index (χ3v) is 4.03. The first-order valence-electron chi connectivity index (χ1n) is 6.70. The predicted molar refractivity (Wildman–Crippen MR) is 86.9 cm³/mol. The van der Waals surface area contributed by atoms with E-state index in [1.54, 1.807) is 6.20 Å². The number of pyridine rings is 1. The van der Waals surface area contributed by atoms with Crippen LogP contribution in [0, 0.1) is 0 Å². The third-order valence-electron chi connectivity index (χ3n) is 3.09. The maximum absolute atomic E-state index is 6.06. The van der Waals surface area contributed by atoms with Crippen LogP contribution in [-0.4, -0.2) is 22.5 Å². The summed E-state index contributed by atoms with van der Waals surface area (Å²) in [6, 6.07) is 8.50. The third kappa shape index (κ3) is 3.53. The van der Waals surface area contributed by atoms with Gasteiger partial charge < -0.3 is 11.1 Å². The second-order valence-electron chi connectivity index (χ2n) is 4.64. The molecule has 0 aliphatic heterocycles. The summed E-state index contributed by atoms with van der Waals surface area (Å²) in [5, 5.41) is 4.63. The fourth-order valence-electron chi connectivity index (χ4n) is 2.04. The van der Waals surface area contributed by atoms with Crippen molar-refractivity contribution in [2.24, 2.45) is 0 Å². The Kier molecular flexibility index (Phi) is 4.91. The number of benzene rings is 1. The summed E-state index contributed by atoms with van der Waals surface area (Å²) < 4.78 is 0. The molecule has 102 valence electrons. The Balaban J connectivity index is 2.17. The van der Waals surface area contributed by atoms with Crippen molar-refractivity contribution < 1.29 is 0 Å². The molecule has 0 aliphatic carbocycles. The fourth-order valence-corrected chi connectivity index (χ4v) is 2.85. The van der Waals surface area contributed by atoms with E-state index in [-0.39, 0.29) is 0 Å². The van der Waals surface area contributed by atoms with Gasteiger partial charge in [-0.05, 0) is 30.9 Å². The molecule has 2 aromatic rings. The number of nitrogens with one attached hydrogen (secondary N) is 1.